The van der Waals surface area contributed by atoms with E-state index < -0.39 is 5.54 Å². The van der Waals surface area contributed by atoms with Crippen molar-refractivity contribution < 1.29 is 13.9 Å². The molecule has 0 fully saturated rings. The molecule has 0 aliphatic carbocycles. The predicted molar refractivity (Wildman–Crippen MR) is 85.1 cm³/mol. The standard InChI is InChI=1S/C16H24FNO2S/c1-5-20-15(19)16(4,18-12(2)3)10-11-21-14-8-6-13(17)7-9-14/h6-9,12,18H,5,10-11H2,1-4H3. The maximum Gasteiger partial charge on any atom is 0.326 e. The van der Waals surface area contributed by atoms with Crippen LogP contribution in [0.3, 0.4) is 0 Å². The fourth-order valence-corrected chi connectivity index (χ4v) is 3.14. The molecule has 0 radical (unpaired) electrons. The van der Waals surface area contributed by atoms with Gasteiger partial charge in [-0.15, -0.1) is 11.8 Å². The van der Waals surface area contributed by atoms with Crippen molar-refractivity contribution in [2.45, 2.75) is 50.6 Å². The monoisotopic (exact) mass is 313 g/mol. The smallest absolute Gasteiger partial charge is 0.326 e. The molecule has 0 amide bonds. The van der Waals surface area contributed by atoms with Crippen LogP contribution in [0, 0.1) is 5.82 Å². The summed E-state index contributed by atoms with van der Waals surface area (Å²) < 4.78 is 18.0. The average Bonchev–Trinajstić information content (AvgIpc) is 2.40. The van der Waals surface area contributed by atoms with Gasteiger partial charge in [-0.3, -0.25) is 10.1 Å². The number of carbonyl (C=O) groups is 1. The fourth-order valence-electron chi connectivity index (χ4n) is 2.06. The molecule has 1 aromatic carbocycles. The Morgan fingerprint density at radius 1 is 1.38 bits per heavy atom. The minimum Gasteiger partial charge on any atom is -0.465 e. The highest BCUT2D eigenvalue weighted by molar-refractivity contribution is 7.99. The Hall–Kier alpha value is -1.07. The molecule has 1 aromatic rings. The van der Waals surface area contributed by atoms with Gasteiger partial charge in [0, 0.05) is 16.7 Å². The number of rotatable bonds is 8. The highest BCUT2D eigenvalue weighted by Crippen LogP contribution is 2.23. The summed E-state index contributed by atoms with van der Waals surface area (Å²) in [6.45, 7) is 8.06. The van der Waals surface area contributed by atoms with Crippen LogP contribution in [0.2, 0.25) is 0 Å². The van der Waals surface area contributed by atoms with Gasteiger partial charge < -0.3 is 4.74 Å². The van der Waals surface area contributed by atoms with Crippen LogP contribution in [0.15, 0.2) is 29.2 Å². The maximum absolute atomic E-state index is 12.9. The van der Waals surface area contributed by atoms with Crippen LogP contribution in [0.4, 0.5) is 4.39 Å². The van der Waals surface area contributed by atoms with Crippen LogP contribution in [-0.4, -0.2) is 29.9 Å². The lowest BCUT2D eigenvalue weighted by molar-refractivity contribution is -0.150. The average molecular weight is 313 g/mol. The van der Waals surface area contributed by atoms with Crippen LogP contribution < -0.4 is 5.32 Å². The molecule has 0 saturated heterocycles. The lowest BCUT2D eigenvalue weighted by atomic mass is 9.98. The normalized spacial score (nSPS) is 14.0. The van der Waals surface area contributed by atoms with Gasteiger partial charge in [-0.05, 0) is 58.4 Å². The topological polar surface area (TPSA) is 38.3 Å². The number of esters is 1. The van der Waals surface area contributed by atoms with E-state index in [1.165, 1.54) is 12.1 Å². The van der Waals surface area contributed by atoms with E-state index in [0.717, 1.165) is 10.6 Å². The molecule has 21 heavy (non-hydrogen) atoms. The maximum atomic E-state index is 12.9. The van der Waals surface area contributed by atoms with E-state index in [-0.39, 0.29) is 17.8 Å². The summed E-state index contributed by atoms with van der Waals surface area (Å²) in [4.78, 5) is 13.1. The van der Waals surface area contributed by atoms with Gasteiger partial charge >= 0.3 is 5.97 Å². The van der Waals surface area contributed by atoms with E-state index >= 15 is 0 Å². The zero-order valence-electron chi connectivity index (χ0n) is 13.1. The van der Waals surface area contributed by atoms with Crippen molar-refractivity contribution in [3.05, 3.63) is 30.1 Å². The van der Waals surface area contributed by atoms with Gasteiger partial charge in [0.15, 0.2) is 0 Å². The number of halogens is 1. The lowest BCUT2D eigenvalue weighted by Gasteiger charge is -2.30. The van der Waals surface area contributed by atoms with Gasteiger partial charge in [0.2, 0.25) is 0 Å². The largest absolute Gasteiger partial charge is 0.465 e. The van der Waals surface area contributed by atoms with Crippen molar-refractivity contribution in [1.82, 2.24) is 5.32 Å². The SMILES string of the molecule is CCOC(=O)C(C)(CCSc1ccc(F)cc1)NC(C)C. The lowest BCUT2D eigenvalue weighted by Crippen LogP contribution is -2.53. The Morgan fingerprint density at radius 3 is 2.52 bits per heavy atom. The summed E-state index contributed by atoms with van der Waals surface area (Å²) in [5, 5.41) is 3.29. The molecule has 1 rings (SSSR count). The van der Waals surface area contributed by atoms with Crippen LogP contribution in [0.1, 0.15) is 34.1 Å². The van der Waals surface area contributed by atoms with Crippen LogP contribution in [0.5, 0.6) is 0 Å². The molecule has 1 N–H and O–H groups in total. The number of thioether (sulfide) groups is 1. The first-order valence-corrected chi connectivity index (χ1v) is 8.19. The molecular formula is C16H24FNO2S. The summed E-state index contributed by atoms with van der Waals surface area (Å²) >= 11 is 1.60. The number of benzene rings is 1. The number of carbonyl (C=O) groups excluding carboxylic acids is 1. The zero-order chi connectivity index (χ0) is 15.9. The van der Waals surface area contributed by atoms with Gasteiger partial charge in [0.1, 0.15) is 11.4 Å². The zero-order valence-corrected chi connectivity index (χ0v) is 13.9. The first kappa shape index (κ1) is 18.0. The van der Waals surface area contributed by atoms with Crippen molar-refractivity contribution in [2.75, 3.05) is 12.4 Å². The minimum absolute atomic E-state index is 0.190. The van der Waals surface area contributed by atoms with Gasteiger partial charge in [0.25, 0.3) is 0 Å². The first-order valence-electron chi connectivity index (χ1n) is 7.20. The number of hydrogen-bond donors (Lipinski definition) is 1. The summed E-state index contributed by atoms with van der Waals surface area (Å²) in [7, 11) is 0. The Labute approximate surface area is 130 Å². The van der Waals surface area contributed by atoms with E-state index in [9.17, 15) is 9.18 Å². The molecule has 0 bridgehead atoms. The summed E-state index contributed by atoms with van der Waals surface area (Å²) in [5.41, 5.74) is -0.697. The Balaban J connectivity index is 2.60. The first-order chi connectivity index (χ1) is 9.87. The number of hydrogen-bond acceptors (Lipinski definition) is 4. The second-order valence-corrected chi connectivity index (χ2v) is 6.57. The van der Waals surface area contributed by atoms with E-state index in [1.54, 1.807) is 30.8 Å². The van der Waals surface area contributed by atoms with Crippen molar-refractivity contribution >= 4 is 17.7 Å². The van der Waals surface area contributed by atoms with Crippen LogP contribution in [0.25, 0.3) is 0 Å². The molecule has 1 unspecified atom stereocenters. The number of ether oxygens (including phenoxy) is 1. The molecule has 0 spiro atoms. The molecule has 0 saturated carbocycles. The van der Waals surface area contributed by atoms with Gasteiger partial charge in [-0.1, -0.05) is 0 Å². The van der Waals surface area contributed by atoms with E-state index in [4.69, 9.17) is 4.74 Å². The predicted octanol–water partition coefficient (Wildman–Crippen LogP) is 3.63. The highest BCUT2D eigenvalue weighted by atomic mass is 32.2. The van der Waals surface area contributed by atoms with Gasteiger partial charge in [-0.25, -0.2) is 4.39 Å². The van der Waals surface area contributed by atoms with Crippen molar-refractivity contribution in [3.8, 4) is 0 Å². The Morgan fingerprint density at radius 2 is 2.00 bits per heavy atom. The molecule has 5 heteroatoms. The summed E-state index contributed by atoms with van der Waals surface area (Å²) in [6, 6.07) is 6.57. The third kappa shape index (κ3) is 6.06. The van der Waals surface area contributed by atoms with Crippen LogP contribution in [-0.2, 0) is 9.53 Å². The Kier molecular flexibility index (Phi) is 7.18. The second-order valence-electron chi connectivity index (χ2n) is 5.40. The number of nitrogens with one attached hydrogen (secondary N) is 1. The highest BCUT2D eigenvalue weighted by Gasteiger charge is 2.34. The van der Waals surface area contributed by atoms with Gasteiger partial charge in [-0.2, -0.15) is 0 Å². The molecule has 0 heterocycles. The molecule has 1 atom stereocenters. The van der Waals surface area contributed by atoms with E-state index in [1.807, 2.05) is 20.8 Å². The molecular weight excluding hydrogens is 289 g/mol. The third-order valence-electron chi connectivity index (χ3n) is 3.02. The molecule has 0 aliphatic rings. The van der Waals surface area contributed by atoms with Crippen molar-refractivity contribution in [3.63, 3.8) is 0 Å². The molecule has 118 valence electrons. The third-order valence-corrected chi connectivity index (χ3v) is 4.03. The molecule has 0 aromatic heterocycles. The molecule has 0 aliphatic heterocycles. The molecule has 3 nitrogen and oxygen atoms in total. The summed E-state index contributed by atoms with van der Waals surface area (Å²) in [5.74, 6) is 0.288. The Bertz CT molecular complexity index is 450. The van der Waals surface area contributed by atoms with Crippen molar-refractivity contribution in [2.24, 2.45) is 0 Å². The quantitative estimate of drug-likeness (QED) is 0.587. The fraction of sp³-hybridized carbons (Fsp3) is 0.562. The second kappa shape index (κ2) is 8.39. The van der Waals surface area contributed by atoms with Gasteiger partial charge in [0.05, 0.1) is 6.61 Å². The van der Waals surface area contributed by atoms with Crippen molar-refractivity contribution in [1.29, 1.82) is 0 Å². The van der Waals surface area contributed by atoms with Crippen LogP contribution >= 0.6 is 11.8 Å². The van der Waals surface area contributed by atoms with E-state index in [0.29, 0.717) is 13.0 Å². The minimum atomic E-state index is -0.697. The van der Waals surface area contributed by atoms with E-state index in [2.05, 4.69) is 5.32 Å². The summed E-state index contributed by atoms with van der Waals surface area (Å²) in [6.07, 6.45) is 0.645.